The van der Waals surface area contributed by atoms with E-state index in [1.165, 1.54) is 0 Å². The molecule has 2 saturated heterocycles. The largest absolute Gasteiger partial charge is 0.463 e. The molecule has 0 aromatic carbocycles. The maximum absolute atomic E-state index is 12.4. The van der Waals surface area contributed by atoms with Crippen molar-refractivity contribution in [2.75, 3.05) is 13.2 Å². The van der Waals surface area contributed by atoms with Gasteiger partial charge >= 0.3 is 35.8 Å². The molecule has 0 unspecified atom stereocenters. The molecular formula is C28H40N2O17. The van der Waals surface area contributed by atoms with Crippen LogP contribution in [0.15, 0.2) is 0 Å². The van der Waals surface area contributed by atoms with Crippen LogP contribution >= 0.6 is 0 Å². The Bertz CT molecular complexity index is 1210. The molecule has 264 valence electrons. The molecule has 2 rings (SSSR count). The van der Waals surface area contributed by atoms with E-state index in [1.54, 1.807) is 0 Å². The normalized spacial score (nSPS) is 30.0. The molecule has 2 heterocycles. The van der Waals surface area contributed by atoms with Gasteiger partial charge in [-0.3, -0.25) is 38.4 Å². The second-order valence-corrected chi connectivity index (χ2v) is 10.6. The number of ether oxygens (including phenoxy) is 9. The molecule has 0 aromatic rings. The maximum Gasteiger partial charge on any atom is 0.305 e. The lowest BCUT2D eigenvalue weighted by atomic mass is 9.94. The molecule has 2 N–H and O–H groups in total. The molecule has 19 heteroatoms. The van der Waals surface area contributed by atoms with Crippen LogP contribution in [0.3, 0.4) is 0 Å². The standard InChI is InChI=1S/C28H40N2O17/c1-11(31)29-21-26(43-17(7)37)24(20(10-40-14(4)34)45-27(21)44-18(8)38)47-28-22(30-12(2)32)25(42-16(6)36)23(41-15(5)35)19(46-28)9-39-13(3)33/h19-28H,9-10H2,1-8H3,(H,29,31)(H,30,32)/t19-,20-,21+,22+,23+,24+,25-,26-,27+,28-/m0/s1. The second kappa shape index (κ2) is 17.5. The zero-order valence-electron chi connectivity index (χ0n) is 27.1. The highest BCUT2D eigenvalue weighted by Crippen LogP contribution is 2.33. The first-order chi connectivity index (χ1) is 21.9. The van der Waals surface area contributed by atoms with Crippen molar-refractivity contribution in [3.63, 3.8) is 0 Å². The van der Waals surface area contributed by atoms with E-state index in [0.717, 1.165) is 55.4 Å². The minimum atomic E-state index is -1.69. The quantitative estimate of drug-likeness (QED) is 0.173. The molecule has 0 spiro atoms. The van der Waals surface area contributed by atoms with Crippen LogP contribution < -0.4 is 10.6 Å². The van der Waals surface area contributed by atoms with Gasteiger partial charge in [0.1, 0.15) is 43.6 Å². The lowest BCUT2D eigenvalue weighted by molar-refractivity contribution is -0.330. The van der Waals surface area contributed by atoms with E-state index < -0.39 is 122 Å². The van der Waals surface area contributed by atoms with Gasteiger partial charge in [0.25, 0.3) is 0 Å². The Morgan fingerprint density at radius 3 is 1.23 bits per heavy atom. The van der Waals surface area contributed by atoms with E-state index in [2.05, 4.69) is 10.6 Å². The number of carbonyl (C=O) groups excluding carboxylic acids is 8. The van der Waals surface area contributed by atoms with Crippen molar-refractivity contribution >= 4 is 47.6 Å². The van der Waals surface area contributed by atoms with E-state index in [1.807, 2.05) is 0 Å². The van der Waals surface area contributed by atoms with Gasteiger partial charge in [-0.05, 0) is 0 Å². The third-order valence-corrected chi connectivity index (χ3v) is 6.41. The van der Waals surface area contributed by atoms with Gasteiger partial charge in [0.2, 0.25) is 18.1 Å². The molecular weight excluding hydrogens is 636 g/mol. The van der Waals surface area contributed by atoms with E-state index >= 15 is 0 Å². The number of esters is 6. The molecule has 0 saturated carbocycles. The Labute approximate surface area is 269 Å². The van der Waals surface area contributed by atoms with Gasteiger partial charge in [-0.15, -0.1) is 0 Å². The molecule has 0 aliphatic carbocycles. The van der Waals surface area contributed by atoms with Crippen LogP contribution in [0.2, 0.25) is 0 Å². The van der Waals surface area contributed by atoms with Gasteiger partial charge in [0.15, 0.2) is 24.6 Å². The van der Waals surface area contributed by atoms with Gasteiger partial charge in [-0.25, -0.2) is 0 Å². The van der Waals surface area contributed by atoms with Crippen molar-refractivity contribution in [3.05, 3.63) is 0 Å². The fourth-order valence-corrected chi connectivity index (χ4v) is 4.95. The zero-order chi connectivity index (χ0) is 35.6. The summed E-state index contributed by atoms with van der Waals surface area (Å²) in [6.07, 6.45) is -12.1. The van der Waals surface area contributed by atoms with Crippen LogP contribution in [0.25, 0.3) is 0 Å². The van der Waals surface area contributed by atoms with Crippen molar-refractivity contribution < 1.29 is 81.0 Å². The van der Waals surface area contributed by atoms with Crippen LogP contribution in [0.5, 0.6) is 0 Å². The number of hydrogen-bond acceptors (Lipinski definition) is 17. The SMILES string of the molecule is CC(=O)N[C@H]1[C@H](O[C@H]2[C@@H](OC(C)=O)[C@@H](NC(C)=O)[C@H](OC(C)=O)O[C@H]2COC(C)=O)O[C@@H](COC(C)=O)[C@@H](OC(C)=O)[C@H]1OC(C)=O. The molecule has 0 aromatic heterocycles. The molecule has 2 amide bonds. The number of amides is 2. The number of nitrogens with one attached hydrogen (secondary N) is 2. The Morgan fingerprint density at radius 2 is 0.830 bits per heavy atom. The van der Waals surface area contributed by atoms with Crippen LogP contribution in [-0.4, -0.2) is 122 Å². The summed E-state index contributed by atoms with van der Waals surface area (Å²) in [4.78, 5) is 96.7. The summed E-state index contributed by atoms with van der Waals surface area (Å²) in [6, 6.07) is -2.86. The highest BCUT2D eigenvalue weighted by Gasteiger charge is 2.56. The molecule has 0 bridgehead atoms. The minimum absolute atomic E-state index is 0.549. The first-order valence-electron chi connectivity index (χ1n) is 14.4. The summed E-state index contributed by atoms with van der Waals surface area (Å²) < 4.78 is 50.1. The fourth-order valence-electron chi connectivity index (χ4n) is 4.95. The van der Waals surface area contributed by atoms with Crippen molar-refractivity contribution in [1.29, 1.82) is 0 Å². The van der Waals surface area contributed by atoms with E-state index in [4.69, 9.17) is 42.6 Å². The third kappa shape index (κ3) is 12.1. The molecule has 10 atom stereocenters. The summed E-state index contributed by atoms with van der Waals surface area (Å²) in [7, 11) is 0. The lowest BCUT2D eigenvalue weighted by Gasteiger charge is -2.49. The van der Waals surface area contributed by atoms with Crippen molar-refractivity contribution in [2.24, 2.45) is 0 Å². The average molecular weight is 677 g/mol. The van der Waals surface area contributed by atoms with Crippen molar-refractivity contribution in [3.8, 4) is 0 Å². The molecule has 19 nitrogen and oxygen atoms in total. The highest BCUT2D eigenvalue weighted by molar-refractivity contribution is 5.74. The van der Waals surface area contributed by atoms with Gasteiger partial charge in [0, 0.05) is 55.4 Å². The predicted molar refractivity (Wildman–Crippen MR) is 149 cm³/mol. The van der Waals surface area contributed by atoms with Crippen LogP contribution in [0, 0.1) is 0 Å². The Kier molecular flexibility index (Phi) is 14.5. The maximum atomic E-state index is 12.4. The van der Waals surface area contributed by atoms with Crippen molar-refractivity contribution in [2.45, 2.75) is 117 Å². The number of carbonyl (C=O) groups is 8. The summed E-state index contributed by atoms with van der Waals surface area (Å²) in [5.74, 6) is -6.25. The third-order valence-electron chi connectivity index (χ3n) is 6.41. The average Bonchev–Trinajstić information content (AvgIpc) is 2.91. The van der Waals surface area contributed by atoms with Gasteiger partial charge in [-0.2, -0.15) is 0 Å². The van der Waals surface area contributed by atoms with Crippen LogP contribution in [-0.2, 0) is 81.0 Å². The summed E-state index contributed by atoms with van der Waals surface area (Å²) in [6.45, 7) is 7.56. The molecule has 2 aliphatic heterocycles. The first-order valence-corrected chi connectivity index (χ1v) is 14.4. The first kappa shape index (κ1) is 38.8. The van der Waals surface area contributed by atoms with Gasteiger partial charge in [0.05, 0.1) is 0 Å². The fraction of sp³-hybridized carbons (Fsp3) is 0.714. The van der Waals surface area contributed by atoms with E-state index in [9.17, 15) is 38.4 Å². The summed E-state index contributed by atoms with van der Waals surface area (Å²) >= 11 is 0. The molecule has 0 radical (unpaired) electrons. The number of rotatable bonds is 12. The second-order valence-electron chi connectivity index (χ2n) is 10.6. The monoisotopic (exact) mass is 676 g/mol. The summed E-state index contributed by atoms with van der Waals surface area (Å²) in [5, 5.41) is 5.02. The van der Waals surface area contributed by atoms with Gasteiger partial charge in [-0.1, -0.05) is 0 Å². The zero-order valence-corrected chi connectivity index (χ0v) is 27.1. The Morgan fingerprint density at radius 1 is 0.468 bits per heavy atom. The predicted octanol–water partition coefficient (Wildman–Crippen LogP) is -1.68. The lowest BCUT2D eigenvalue weighted by Crippen LogP contribution is -2.70. The van der Waals surface area contributed by atoms with Crippen LogP contribution in [0.1, 0.15) is 55.4 Å². The minimum Gasteiger partial charge on any atom is -0.463 e. The highest BCUT2D eigenvalue weighted by atomic mass is 16.8. The van der Waals surface area contributed by atoms with E-state index in [-0.39, 0.29) is 0 Å². The topological polar surface area (TPSA) is 244 Å². The van der Waals surface area contributed by atoms with E-state index in [0.29, 0.717) is 0 Å². The van der Waals surface area contributed by atoms with Gasteiger partial charge < -0.3 is 53.3 Å². The summed E-state index contributed by atoms with van der Waals surface area (Å²) in [5.41, 5.74) is 0. The molecule has 2 aliphatic rings. The smallest absolute Gasteiger partial charge is 0.305 e. The molecule has 2 fully saturated rings. The Hall–Kier alpha value is -4.36. The van der Waals surface area contributed by atoms with Crippen LogP contribution in [0.4, 0.5) is 0 Å². The molecule has 47 heavy (non-hydrogen) atoms. The van der Waals surface area contributed by atoms with Crippen molar-refractivity contribution in [1.82, 2.24) is 10.6 Å². The number of hydrogen-bond donors (Lipinski definition) is 2. The Balaban J connectivity index is 2.73.